The minimum absolute atomic E-state index is 0.818. The maximum atomic E-state index is 3.82. The Labute approximate surface area is 88.1 Å². The standard InChI is InChI=1S/C12H24N2/c1-3-4-10-9-12(10)13-11-5-7-14(2)8-6-11/h10-13H,3-9H2,1-2H3. The summed E-state index contributed by atoms with van der Waals surface area (Å²) in [6.45, 7) is 4.86. The van der Waals surface area contributed by atoms with Gasteiger partial charge in [0, 0.05) is 12.1 Å². The molecule has 2 atom stereocenters. The lowest BCUT2D eigenvalue weighted by atomic mass is 10.1. The second-order valence-corrected chi connectivity index (χ2v) is 5.14. The van der Waals surface area contributed by atoms with Crippen LogP contribution in [-0.4, -0.2) is 37.1 Å². The Morgan fingerprint density at radius 1 is 1.29 bits per heavy atom. The summed E-state index contributed by atoms with van der Waals surface area (Å²) in [6, 6.07) is 1.70. The third kappa shape index (κ3) is 2.71. The van der Waals surface area contributed by atoms with Crippen molar-refractivity contribution in [1.29, 1.82) is 0 Å². The molecule has 0 spiro atoms. The Morgan fingerprint density at radius 2 is 2.00 bits per heavy atom. The van der Waals surface area contributed by atoms with E-state index in [2.05, 4.69) is 24.2 Å². The van der Waals surface area contributed by atoms with Gasteiger partial charge in [0.25, 0.3) is 0 Å². The highest BCUT2D eigenvalue weighted by Crippen LogP contribution is 2.35. The molecule has 2 heteroatoms. The molecule has 1 saturated carbocycles. The zero-order valence-corrected chi connectivity index (χ0v) is 9.63. The monoisotopic (exact) mass is 196 g/mol. The second-order valence-electron chi connectivity index (χ2n) is 5.14. The van der Waals surface area contributed by atoms with Gasteiger partial charge in [-0.1, -0.05) is 13.3 Å². The molecule has 2 rings (SSSR count). The fourth-order valence-corrected chi connectivity index (χ4v) is 2.62. The summed E-state index contributed by atoms with van der Waals surface area (Å²) < 4.78 is 0. The van der Waals surface area contributed by atoms with E-state index in [4.69, 9.17) is 0 Å². The summed E-state index contributed by atoms with van der Waals surface area (Å²) in [5.74, 6) is 1.01. The van der Waals surface area contributed by atoms with Crippen LogP contribution in [0, 0.1) is 5.92 Å². The Morgan fingerprint density at radius 3 is 2.64 bits per heavy atom. The van der Waals surface area contributed by atoms with Gasteiger partial charge < -0.3 is 10.2 Å². The van der Waals surface area contributed by atoms with E-state index < -0.39 is 0 Å². The minimum atomic E-state index is 0.818. The zero-order valence-electron chi connectivity index (χ0n) is 9.63. The molecule has 14 heavy (non-hydrogen) atoms. The van der Waals surface area contributed by atoms with Crippen molar-refractivity contribution in [3.05, 3.63) is 0 Å². The molecule has 82 valence electrons. The molecule has 1 saturated heterocycles. The molecule has 0 bridgehead atoms. The lowest BCUT2D eigenvalue weighted by Crippen LogP contribution is -2.42. The van der Waals surface area contributed by atoms with Crippen LogP contribution in [0.3, 0.4) is 0 Å². The first-order valence-corrected chi connectivity index (χ1v) is 6.24. The van der Waals surface area contributed by atoms with Crippen LogP contribution >= 0.6 is 0 Å². The molecule has 2 unspecified atom stereocenters. The van der Waals surface area contributed by atoms with Gasteiger partial charge in [-0.15, -0.1) is 0 Å². The molecule has 1 aliphatic carbocycles. The van der Waals surface area contributed by atoms with Crippen LogP contribution in [0.15, 0.2) is 0 Å². The Bertz CT molecular complexity index is 173. The van der Waals surface area contributed by atoms with Crippen LogP contribution < -0.4 is 5.32 Å². The summed E-state index contributed by atoms with van der Waals surface area (Å²) in [6.07, 6.45) is 6.94. The third-order valence-corrected chi connectivity index (χ3v) is 3.75. The average Bonchev–Trinajstić information content (AvgIpc) is 2.89. The molecule has 2 nitrogen and oxygen atoms in total. The predicted molar refractivity (Wildman–Crippen MR) is 60.5 cm³/mol. The van der Waals surface area contributed by atoms with Gasteiger partial charge in [0.2, 0.25) is 0 Å². The fourth-order valence-electron chi connectivity index (χ4n) is 2.62. The molecular formula is C12H24N2. The molecule has 0 amide bonds. The van der Waals surface area contributed by atoms with Gasteiger partial charge >= 0.3 is 0 Å². The van der Waals surface area contributed by atoms with Gasteiger partial charge in [-0.05, 0) is 51.7 Å². The molecular weight excluding hydrogens is 172 g/mol. The quantitative estimate of drug-likeness (QED) is 0.738. The van der Waals surface area contributed by atoms with E-state index >= 15 is 0 Å². The first kappa shape index (κ1) is 10.4. The van der Waals surface area contributed by atoms with Gasteiger partial charge in [0.1, 0.15) is 0 Å². The van der Waals surface area contributed by atoms with Gasteiger partial charge in [-0.2, -0.15) is 0 Å². The molecule has 2 aliphatic rings. The van der Waals surface area contributed by atoms with Crippen LogP contribution in [-0.2, 0) is 0 Å². The van der Waals surface area contributed by atoms with E-state index in [-0.39, 0.29) is 0 Å². The lowest BCUT2D eigenvalue weighted by Gasteiger charge is -2.29. The van der Waals surface area contributed by atoms with Crippen molar-refractivity contribution in [3.63, 3.8) is 0 Å². The maximum absolute atomic E-state index is 3.82. The summed E-state index contributed by atoms with van der Waals surface area (Å²) in [5.41, 5.74) is 0. The van der Waals surface area contributed by atoms with Gasteiger partial charge in [0.05, 0.1) is 0 Å². The smallest absolute Gasteiger partial charge is 0.0102 e. The van der Waals surface area contributed by atoms with Crippen molar-refractivity contribution >= 4 is 0 Å². The van der Waals surface area contributed by atoms with E-state index in [9.17, 15) is 0 Å². The Kier molecular flexibility index (Phi) is 3.45. The van der Waals surface area contributed by atoms with Crippen molar-refractivity contribution in [3.8, 4) is 0 Å². The van der Waals surface area contributed by atoms with Crippen LogP contribution in [0.2, 0.25) is 0 Å². The highest BCUT2D eigenvalue weighted by molar-refractivity contribution is 4.95. The summed E-state index contributed by atoms with van der Waals surface area (Å²) in [5, 5.41) is 3.82. The lowest BCUT2D eigenvalue weighted by molar-refractivity contribution is 0.232. The molecule has 0 aromatic rings. The number of nitrogens with one attached hydrogen (secondary N) is 1. The van der Waals surface area contributed by atoms with Crippen molar-refractivity contribution in [2.45, 2.75) is 51.1 Å². The van der Waals surface area contributed by atoms with E-state index in [0.717, 1.165) is 18.0 Å². The second kappa shape index (κ2) is 4.63. The molecule has 1 aliphatic heterocycles. The molecule has 1 heterocycles. The van der Waals surface area contributed by atoms with Gasteiger partial charge in [0.15, 0.2) is 0 Å². The van der Waals surface area contributed by atoms with Crippen molar-refractivity contribution in [1.82, 2.24) is 10.2 Å². The topological polar surface area (TPSA) is 15.3 Å². The Balaban J connectivity index is 1.62. The molecule has 0 aromatic heterocycles. The number of likely N-dealkylation sites (tertiary alicyclic amines) is 1. The Hall–Kier alpha value is -0.0800. The van der Waals surface area contributed by atoms with Crippen LogP contribution in [0.1, 0.15) is 39.0 Å². The number of hydrogen-bond acceptors (Lipinski definition) is 2. The van der Waals surface area contributed by atoms with E-state index in [1.165, 1.54) is 45.2 Å². The summed E-state index contributed by atoms with van der Waals surface area (Å²) in [4.78, 5) is 2.44. The highest BCUT2D eigenvalue weighted by atomic mass is 15.1. The van der Waals surface area contributed by atoms with Gasteiger partial charge in [-0.25, -0.2) is 0 Å². The first-order valence-electron chi connectivity index (χ1n) is 6.24. The van der Waals surface area contributed by atoms with Crippen LogP contribution in [0.5, 0.6) is 0 Å². The molecule has 2 fully saturated rings. The zero-order chi connectivity index (χ0) is 9.97. The molecule has 1 N–H and O–H groups in total. The van der Waals surface area contributed by atoms with E-state index in [1.54, 1.807) is 0 Å². The van der Waals surface area contributed by atoms with Gasteiger partial charge in [-0.3, -0.25) is 0 Å². The van der Waals surface area contributed by atoms with Crippen molar-refractivity contribution < 1.29 is 0 Å². The average molecular weight is 196 g/mol. The number of hydrogen-bond donors (Lipinski definition) is 1. The maximum Gasteiger partial charge on any atom is 0.0102 e. The highest BCUT2D eigenvalue weighted by Gasteiger charge is 2.37. The minimum Gasteiger partial charge on any atom is -0.311 e. The van der Waals surface area contributed by atoms with Crippen molar-refractivity contribution in [2.24, 2.45) is 5.92 Å². The predicted octanol–water partition coefficient (Wildman–Crippen LogP) is 1.86. The van der Waals surface area contributed by atoms with Crippen molar-refractivity contribution in [2.75, 3.05) is 20.1 Å². The van der Waals surface area contributed by atoms with E-state index in [1.807, 2.05) is 0 Å². The molecule has 0 radical (unpaired) electrons. The van der Waals surface area contributed by atoms with Crippen LogP contribution in [0.25, 0.3) is 0 Å². The number of piperidine rings is 1. The molecule has 0 aromatic carbocycles. The fraction of sp³-hybridized carbons (Fsp3) is 1.00. The van der Waals surface area contributed by atoms with E-state index in [0.29, 0.717) is 0 Å². The number of nitrogens with zero attached hydrogens (tertiary/aromatic N) is 1. The summed E-state index contributed by atoms with van der Waals surface area (Å²) >= 11 is 0. The summed E-state index contributed by atoms with van der Waals surface area (Å²) in [7, 11) is 2.23. The normalized spacial score (nSPS) is 34.7. The van der Waals surface area contributed by atoms with Crippen LogP contribution in [0.4, 0.5) is 0 Å². The number of rotatable bonds is 4. The third-order valence-electron chi connectivity index (χ3n) is 3.75. The SMILES string of the molecule is CCCC1CC1NC1CCN(C)CC1. The first-order chi connectivity index (χ1) is 6.79. The largest absolute Gasteiger partial charge is 0.311 e.